The van der Waals surface area contributed by atoms with E-state index >= 15 is 0 Å². The lowest BCUT2D eigenvalue weighted by Crippen LogP contribution is -2.45. The third kappa shape index (κ3) is 4.74. The molecule has 0 bridgehead atoms. The molecule has 1 aliphatic rings. The predicted molar refractivity (Wildman–Crippen MR) is 130 cm³/mol. The Morgan fingerprint density at radius 2 is 1.91 bits per heavy atom. The SMILES string of the molecule is Cn1cc(Nc2ncc3c(n2)N(c2cccc(NC(=O)O)c2)C(=O)N(Cc2ccccc2)C3)cn1. The Labute approximate surface area is 200 Å². The zero-order valence-electron chi connectivity index (χ0n) is 18.8. The van der Waals surface area contributed by atoms with Crippen LogP contribution in [0.3, 0.4) is 0 Å². The molecule has 3 N–H and O–H groups in total. The number of hydrogen-bond donors (Lipinski definition) is 3. The summed E-state index contributed by atoms with van der Waals surface area (Å²) in [4.78, 5) is 37.1. The van der Waals surface area contributed by atoms with E-state index in [2.05, 4.69) is 25.7 Å². The van der Waals surface area contributed by atoms with Gasteiger partial charge in [-0.05, 0) is 23.8 Å². The van der Waals surface area contributed by atoms with E-state index < -0.39 is 6.09 Å². The van der Waals surface area contributed by atoms with Gasteiger partial charge >= 0.3 is 12.1 Å². The highest BCUT2D eigenvalue weighted by atomic mass is 16.4. The van der Waals surface area contributed by atoms with Crippen molar-refractivity contribution in [2.75, 3.05) is 15.5 Å². The maximum absolute atomic E-state index is 13.7. The van der Waals surface area contributed by atoms with Gasteiger partial charge in [-0.3, -0.25) is 10.00 Å². The lowest BCUT2D eigenvalue weighted by Gasteiger charge is -2.36. The fourth-order valence-corrected chi connectivity index (χ4v) is 3.89. The molecule has 4 aromatic rings. The molecule has 0 aliphatic carbocycles. The van der Waals surface area contributed by atoms with Crippen molar-refractivity contribution in [3.05, 3.63) is 84.3 Å². The van der Waals surface area contributed by atoms with Crippen LogP contribution in [0.5, 0.6) is 0 Å². The molecule has 0 fully saturated rings. The van der Waals surface area contributed by atoms with Crippen molar-refractivity contribution in [1.82, 2.24) is 24.6 Å². The van der Waals surface area contributed by atoms with Crippen LogP contribution in [0, 0.1) is 0 Å². The average molecular weight is 470 g/mol. The Hall–Kier alpha value is -4.93. The summed E-state index contributed by atoms with van der Waals surface area (Å²) in [6.07, 6.45) is 3.93. The van der Waals surface area contributed by atoms with Crippen LogP contribution < -0.4 is 15.5 Å². The monoisotopic (exact) mass is 470 g/mol. The summed E-state index contributed by atoms with van der Waals surface area (Å²) in [6, 6.07) is 16.0. The summed E-state index contributed by atoms with van der Waals surface area (Å²) in [5.41, 5.74) is 3.27. The number of benzene rings is 2. The first-order valence-corrected chi connectivity index (χ1v) is 10.8. The number of aryl methyl sites for hydroxylation is 1. The Bertz CT molecular complexity index is 1390. The lowest BCUT2D eigenvalue weighted by molar-refractivity contribution is 0.198. The fraction of sp³-hybridized carbons (Fsp3) is 0.125. The first kappa shape index (κ1) is 21.9. The standard InChI is InChI=1S/C24H22N8O3/c1-30-15-19(12-26-30)27-22-25-11-17-14-31(13-16-6-3-2-4-7-16)24(35)32(21(17)29-22)20-9-5-8-18(10-20)28-23(33)34/h2-12,15,28H,13-14H2,1H3,(H,33,34)(H,25,27,29). The highest BCUT2D eigenvalue weighted by molar-refractivity contribution is 6.01. The zero-order valence-corrected chi connectivity index (χ0v) is 18.8. The van der Waals surface area contributed by atoms with E-state index in [1.165, 1.54) is 4.90 Å². The number of anilines is 5. The molecule has 35 heavy (non-hydrogen) atoms. The van der Waals surface area contributed by atoms with Gasteiger partial charge in [-0.1, -0.05) is 36.4 Å². The molecule has 11 heteroatoms. The molecule has 0 spiro atoms. The van der Waals surface area contributed by atoms with E-state index in [0.717, 1.165) is 11.1 Å². The second-order valence-corrected chi connectivity index (χ2v) is 8.01. The molecular weight excluding hydrogens is 448 g/mol. The van der Waals surface area contributed by atoms with Gasteiger partial charge < -0.3 is 15.3 Å². The van der Waals surface area contributed by atoms with Gasteiger partial charge in [0.2, 0.25) is 5.95 Å². The van der Waals surface area contributed by atoms with Gasteiger partial charge in [0, 0.05) is 37.2 Å². The summed E-state index contributed by atoms with van der Waals surface area (Å²) < 4.78 is 1.65. The molecule has 0 unspecified atom stereocenters. The van der Waals surface area contributed by atoms with Crippen molar-refractivity contribution in [2.24, 2.45) is 7.05 Å². The van der Waals surface area contributed by atoms with E-state index in [0.29, 0.717) is 41.9 Å². The quantitative estimate of drug-likeness (QED) is 0.383. The van der Waals surface area contributed by atoms with Gasteiger partial charge in [0.15, 0.2) is 5.82 Å². The highest BCUT2D eigenvalue weighted by Gasteiger charge is 2.33. The number of carboxylic acid groups (broad SMARTS) is 1. The van der Waals surface area contributed by atoms with Gasteiger partial charge in [0.05, 0.1) is 24.1 Å². The van der Waals surface area contributed by atoms with E-state index in [1.54, 1.807) is 59.5 Å². The third-order valence-electron chi connectivity index (χ3n) is 5.41. The number of urea groups is 1. The van der Waals surface area contributed by atoms with Crippen LogP contribution in [-0.4, -0.2) is 41.9 Å². The smallest absolute Gasteiger partial charge is 0.409 e. The summed E-state index contributed by atoms with van der Waals surface area (Å²) in [6.45, 7) is 0.734. The molecule has 3 heterocycles. The summed E-state index contributed by atoms with van der Waals surface area (Å²) in [5.74, 6) is 0.735. The molecule has 176 valence electrons. The minimum Gasteiger partial charge on any atom is -0.465 e. The van der Waals surface area contributed by atoms with Crippen LogP contribution in [0.2, 0.25) is 0 Å². The van der Waals surface area contributed by atoms with Gasteiger partial charge in [0.25, 0.3) is 0 Å². The number of nitrogens with one attached hydrogen (secondary N) is 2. The van der Waals surface area contributed by atoms with Crippen LogP contribution in [-0.2, 0) is 20.1 Å². The fourth-order valence-electron chi connectivity index (χ4n) is 3.89. The molecule has 2 aromatic heterocycles. The summed E-state index contributed by atoms with van der Waals surface area (Å²) in [5, 5.41) is 18.7. The Morgan fingerprint density at radius 1 is 1.09 bits per heavy atom. The second-order valence-electron chi connectivity index (χ2n) is 8.01. The molecule has 11 nitrogen and oxygen atoms in total. The minimum absolute atomic E-state index is 0.278. The number of aromatic nitrogens is 4. The van der Waals surface area contributed by atoms with Crippen molar-refractivity contribution in [2.45, 2.75) is 13.1 Å². The van der Waals surface area contributed by atoms with E-state index in [4.69, 9.17) is 5.11 Å². The van der Waals surface area contributed by atoms with E-state index in [9.17, 15) is 9.59 Å². The Morgan fingerprint density at radius 3 is 2.66 bits per heavy atom. The average Bonchev–Trinajstić information content (AvgIpc) is 3.24. The number of amides is 3. The zero-order chi connectivity index (χ0) is 24.4. The van der Waals surface area contributed by atoms with Crippen LogP contribution in [0.4, 0.5) is 38.4 Å². The summed E-state index contributed by atoms with van der Waals surface area (Å²) >= 11 is 0. The molecule has 0 saturated carbocycles. The number of nitrogens with zero attached hydrogens (tertiary/aromatic N) is 6. The third-order valence-corrected chi connectivity index (χ3v) is 5.41. The number of carbonyl (C=O) groups is 2. The molecule has 0 saturated heterocycles. The van der Waals surface area contributed by atoms with Crippen LogP contribution in [0.15, 0.2) is 73.2 Å². The van der Waals surface area contributed by atoms with Crippen molar-refractivity contribution < 1.29 is 14.7 Å². The molecule has 0 atom stereocenters. The van der Waals surface area contributed by atoms with Crippen LogP contribution >= 0.6 is 0 Å². The maximum atomic E-state index is 13.7. The van der Waals surface area contributed by atoms with Gasteiger partial charge in [-0.25, -0.2) is 19.5 Å². The molecular formula is C24H22N8O3. The molecule has 5 rings (SSSR count). The van der Waals surface area contributed by atoms with Gasteiger partial charge in [0.1, 0.15) is 0 Å². The van der Waals surface area contributed by atoms with Crippen molar-refractivity contribution in [3.63, 3.8) is 0 Å². The van der Waals surface area contributed by atoms with Crippen LogP contribution in [0.1, 0.15) is 11.1 Å². The highest BCUT2D eigenvalue weighted by Crippen LogP contribution is 2.35. The number of carbonyl (C=O) groups excluding carboxylic acids is 1. The molecule has 3 amide bonds. The van der Waals surface area contributed by atoms with Crippen molar-refractivity contribution >= 4 is 41.0 Å². The number of rotatable bonds is 6. The normalized spacial score (nSPS) is 12.9. The topological polar surface area (TPSA) is 129 Å². The predicted octanol–water partition coefficient (Wildman–Crippen LogP) is 4.32. The molecule has 1 aliphatic heterocycles. The number of hydrogen-bond acceptors (Lipinski definition) is 6. The Kier molecular flexibility index (Phi) is 5.71. The summed E-state index contributed by atoms with van der Waals surface area (Å²) in [7, 11) is 1.80. The molecule has 0 radical (unpaired) electrons. The largest absolute Gasteiger partial charge is 0.465 e. The van der Waals surface area contributed by atoms with Gasteiger partial charge in [-0.2, -0.15) is 10.1 Å². The van der Waals surface area contributed by atoms with E-state index in [1.807, 2.05) is 30.3 Å². The van der Waals surface area contributed by atoms with Crippen LogP contribution in [0.25, 0.3) is 0 Å². The lowest BCUT2D eigenvalue weighted by atomic mass is 10.1. The van der Waals surface area contributed by atoms with Crippen molar-refractivity contribution in [1.29, 1.82) is 0 Å². The van der Waals surface area contributed by atoms with Gasteiger partial charge in [-0.15, -0.1) is 0 Å². The maximum Gasteiger partial charge on any atom is 0.409 e. The molecule has 2 aromatic carbocycles. The first-order chi connectivity index (χ1) is 17.0. The van der Waals surface area contributed by atoms with Crippen molar-refractivity contribution in [3.8, 4) is 0 Å². The second kappa shape index (κ2) is 9.14. The Balaban J connectivity index is 1.54. The number of fused-ring (bicyclic) bond motifs is 1. The van der Waals surface area contributed by atoms with E-state index in [-0.39, 0.29) is 6.03 Å². The minimum atomic E-state index is -1.19. The first-order valence-electron chi connectivity index (χ1n) is 10.8.